The molecule has 0 radical (unpaired) electrons. The van der Waals surface area contributed by atoms with Gasteiger partial charge >= 0.3 is 10.2 Å². The zero-order valence-electron chi connectivity index (χ0n) is 12.1. The van der Waals surface area contributed by atoms with Crippen molar-refractivity contribution in [1.29, 1.82) is 0 Å². The summed E-state index contributed by atoms with van der Waals surface area (Å²) >= 11 is 1.36. The van der Waals surface area contributed by atoms with E-state index >= 15 is 0 Å². The maximum Gasteiger partial charge on any atom is 0.303 e. The third-order valence-electron chi connectivity index (χ3n) is 3.32. The van der Waals surface area contributed by atoms with Crippen molar-refractivity contribution in [3.05, 3.63) is 10.6 Å². The molecule has 0 spiro atoms. The van der Waals surface area contributed by atoms with Gasteiger partial charge in [-0.25, -0.2) is 9.71 Å². The van der Waals surface area contributed by atoms with Gasteiger partial charge in [0, 0.05) is 24.5 Å². The van der Waals surface area contributed by atoms with E-state index in [9.17, 15) is 8.42 Å². The van der Waals surface area contributed by atoms with Gasteiger partial charge in [-0.1, -0.05) is 0 Å². The molecule has 1 aliphatic carbocycles. The zero-order valence-corrected chi connectivity index (χ0v) is 13.8. The van der Waals surface area contributed by atoms with E-state index in [1.807, 2.05) is 13.8 Å². The number of thiazole rings is 1. The first kappa shape index (κ1) is 15.7. The Morgan fingerprint density at radius 3 is 2.65 bits per heavy atom. The molecule has 20 heavy (non-hydrogen) atoms. The Morgan fingerprint density at radius 2 is 2.10 bits per heavy atom. The Balaban J connectivity index is 1.81. The second kappa shape index (κ2) is 6.38. The van der Waals surface area contributed by atoms with Gasteiger partial charge in [0.2, 0.25) is 0 Å². The second-order valence-electron chi connectivity index (χ2n) is 5.17. The highest BCUT2D eigenvalue weighted by Crippen LogP contribution is 2.22. The molecular formula is C12H22N4O2S2. The quantitative estimate of drug-likeness (QED) is 0.712. The monoisotopic (exact) mass is 318 g/mol. The lowest BCUT2D eigenvalue weighted by Crippen LogP contribution is -2.34. The number of hydrogen-bond donors (Lipinski definition) is 2. The lowest BCUT2D eigenvalue weighted by atomic mass is 10.4. The van der Waals surface area contributed by atoms with Gasteiger partial charge in [-0.15, -0.1) is 11.3 Å². The molecule has 1 fully saturated rings. The summed E-state index contributed by atoms with van der Waals surface area (Å²) in [7, 11) is -1.91. The molecular weight excluding hydrogens is 296 g/mol. The summed E-state index contributed by atoms with van der Waals surface area (Å²) in [6, 6.07) is 0.663. The minimum absolute atomic E-state index is 0.433. The van der Waals surface area contributed by atoms with Gasteiger partial charge < -0.3 is 5.32 Å². The lowest BCUT2D eigenvalue weighted by molar-refractivity contribution is 0.458. The van der Waals surface area contributed by atoms with Crippen LogP contribution in [0.3, 0.4) is 0 Å². The maximum absolute atomic E-state index is 12.1. The Morgan fingerprint density at radius 1 is 1.40 bits per heavy atom. The van der Waals surface area contributed by atoms with Crippen molar-refractivity contribution in [1.82, 2.24) is 14.6 Å². The van der Waals surface area contributed by atoms with Crippen molar-refractivity contribution in [2.24, 2.45) is 0 Å². The van der Waals surface area contributed by atoms with Crippen LogP contribution in [0.15, 0.2) is 0 Å². The molecule has 1 aliphatic rings. The van der Waals surface area contributed by atoms with Crippen LogP contribution in [-0.4, -0.2) is 43.9 Å². The smallest absolute Gasteiger partial charge is 0.303 e. The lowest BCUT2D eigenvalue weighted by Gasteiger charge is -2.17. The fourth-order valence-electron chi connectivity index (χ4n) is 1.72. The van der Waals surface area contributed by atoms with Gasteiger partial charge in [0.25, 0.3) is 0 Å². The van der Waals surface area contributed by atoms with Crippen molar-refractivity contribution in [3.8, 4) is 0 Å². The predicted molar refractivity (Wildman–Crippen MR) is 82.4 cm³/mol. The normalized spacial score (nSPS) is 15.8. The van der Waals surface area contributed by atoms with Crippen LogP contribution >= 0.6 is 11.3 Å². The molecule has 0 saturated heterocycles. The predicted octanol–water partition coefficient (Wildman–Crippen LogP) is 1.49. The van der Waals surface area contributed by atoms with E-state index in [0.717, 1.165) is 23.5 Å². The Labute approximate surface area is 124 Å². The van der Waals surface area contributed by atoms with Crippen LogP contribution in [0.2, 0.25) is 0 Å². The van der Waals surface area contributed by atoms with E-state index in [4.69, 9.17) is 0 Å². The number of hydrogen-bond acceptors (Lipinski definition) is 5. The van der Waals surface area contributed by atoms with Crippen molar-refractivity contribution in [2.75, 3.05) is 24.9 Å². The van der Waals surface area contributed by atoms with Crippen LogP contribution < -0.4 is 10.0 Å². The molecule has 8 heteroatoms. The molecule has 0 atom stereocenters. The number of rotatable bonds is 8. The van der Waals surface area contributed by atoms with Crippen molar-refractivity contribution in [3.63, 3.8) is 0 Å². The number of nitrogens with zero attached hydrogens (tertiary/aromatic N) is 2. The minimum Gasteiger partial charge on any atom is -0.314 e. The van der Waals surface area contributed by atoms with Crippen LogP contribution in [-0.2, 0) is 10.2 Å². The van der Waals surface area contributed by atoms with E-state index in [-0.39, 0.29) is 0 Å². The highest BCUT2D eigenvalue weighted by molar-refractivity contribution is 7.90. The molecule has 0 aliphatic heterocycles. The maximum atomic E-state index is 12.1. The number of aromatic nitrogens is 1. The first-order valence-electron chi connectivity index (χ1n) is 6.80. The summed E-state index contributed by atoms with van der Waals surface area (Å²) in [5.74, 6) is 0. The number of anilines is 1. The van der Waals surface area contributed by atoms with Gasteiger partial charge in [0.05, 0.1) is 5.69 Å². The Hall–Kier alpha value is -0.700. The van der Waals surface area contributed by atoms with E-state index in [1.54, 1.807) is 7.05 Å². The highest BCUT2D eigenvalue weighted by atomic mass is 32.2. The zero-order chi connectivity index (χ0) is 14.8. The van der Waals surface area contributed by atoms with Crippen molar-refractivity contribution in [2.45, 2.75) is 39.2 Å². The topological polar surface area (TPSA) is 74.3 Å². The summed E-state index contributed by atoms with van der Waals surface area (Å²) in [6.07, 6.45) is 3.31. The summed E-state index contributed by atoms with van der Waals surface area (Å²) in [5.41, 5.74) is 0.865. The number of nitrogens with one attached hydrogen (secondary N) is 2. The summed E-state index contributed by atoms with van der Waals surface area (Å²) < 4.78 is 28.1. The van der Waals surface area contributed by atoms with E-state index in [1.165, 1.54) is 28.5 Å². The van der Waals surface area contributed by atoms with Gasteiger partial charge in [0.15, 0.2) is 5.13 Å². The molecule has 114 valence electrons. The van der Waals surface area contributed by atoms with Crippen LogP contribution in [0.25, 0.3) is 0 Å². The first-order valence-corrected chi connectivity index (χ1v) is 9.05. The molecule has 1 aromatic heterocycles. The van der Waals surface area contributed by atoms with Crippen LogP contribution in [0, 0.1) is 13.8 Å². The van der Waals surface area contributed by atoms with Crippen LogP contribution in [0.1, 0.15) is 29.8 Å². The van der Waals surface area contributed by atoms with Crippen LogP contribution in [0.5, 0.6) is 0 Å². The average Bonchev–Trinajstić information content (AvgIpc) is 3.12. The molecule has 0 aromatic carbocycles. The van der Waals surface area contributed by atoms with Gasteiger partial charge in [-0.05, 0) is 39.7 Å². The number of aryl methyl sites for hydroxylation is 2. The molecule has 2 rings (SSSR count). The largest absolute Gasteiger partial charge is 0.314 e. The van der Waals surface area contributed by atoms with Crippen molar-refractivity contribution < 1.29 is 8.42 Å². The summed E-state index contributed by atoms with van der Waals surface area (Å²) in [4.78, 5) is 5.22. The van der Waals surface area contributed by atoms with E-state index in [0.29, 0.717) is 17.7 Å². The summed E-state index contributed by atoms with van der Waals surface area (Å²) in [5, 5.41) is 3.80. The highest BCUT2D eigenvalue weighted by Gasteiger charge is 2.21. The Kier molecular flexibility index (Phi) is 5.00. The molecule has 0 unspecified atom stereocenters. The van der Waals surface area contributed by atoms with Crippen LogP contribution in [0.4, 0.5) is 5.13 Å². The molecule has 2 N–H and O–H groups in total. The minimum atomic E-state index is -3.50. The first-order chi connectivity index (χ1) is 9.38. The summed E-state index contributed by atoms with van der Waals surface area (Å²) in [6.45, 7) is 5.16. The van der Waals surface area contributed by atoms with Gasteiger partial charge in [0.1, 0.15) is 0 Å². The standard InChI is InChI=1S/C12H22N4O2S2/c1-9-10(2)19-12(14-9)15-20(17,18)16(3)8-4-7-13-11-5-6-11/h11,13H,4-8H2,1-3H3,(H,14,15). The molecule has 1 saturated carbocycles. The fourth-order valence-corrected chi connectivity index (χ4v) is 3.66. The molecule has 6 nitrogen and oxygen atoms in total. The average molecular weight is 318 g/mol. The van der Waals surface area contributed by atoms with E-state index in [2.05, 4.69) is 15.0 Å². The Bertz CT molecular complexity index is 532. The second-order valence-corrected chi connectivity index (χ2v) is 8.15. The molecule has 1 aromatic rings. The SMILES string of the molecule is Cc1nc(NS(=O)(=O)N(C)CCCNC2CC2)sc1C. The van der Waals surface area contributed by atoms with Crippen molar-refractivity contribution >= 4 is 26.7 Å². The molecule has 0 amide bonds. The van der Waals surface area contributed by atoms with Gasteiger partial charge in [-0.2, -0.15) is 12.7 Å². The molecule has 0 bridgehead atoms. The molecule has 1 heterocycles. The van der Waals surface area contributed by atoms with Gasteiger partial charge in [-0.3, -0.25) is 0 Å². The third kappa shape index (κ3) is 4.41. The third-order valence-corrected chi connectivity index (χ3v) is 5.89. The fraction of sp³-hybridized carbons (Fsp3) is 0.750. The van der Waals surface area contributed by atoms with E-state index < -0.39 is 10.2 Å².